The van der Waals surface area contributed by atoms with Crippen LogP contribution in [0.2, 0.25) is 5.02 Å². The van der Waals surface area contributed by atoms with E-state index in [1.54, 1.807) is 22.9 Å². The van der Waals surface area contributed by atoms with Gasteiger partial charge in [-0.1, -0.05) is 17.7 Å². The Hall–Kier alpha value is -2.88. The predicted molar refractivity (Wildman–Crippen MR) is 85.9 cm³/mol. The number of sulfonamides is 1. The number of anilines is 1. The Balaban J connectivity index is 2.40. The van der Waals surface area contributed by atoms with Gasteiger partial charge < -0.3 is 4.74 Å². The largest absolute Gasteiger partial charge is 0.456 e. The summed E-state index contributed by atoms with van der Waals surface area (Å²) in [4.78, 5) is 0. The molecular weight excluding hydrogens is 376 g/mol. The van der Waals surface area contributed by atoms with Crippen LogP contribution in [-0.2, 0) is 10.0 Å². The molecule has 0 saturated heterocycles. The average molecular weight is 384 g/mol. The van der Waals surface area contributed by atoms with Crippen LogP contribution in [0.3, 0.4) is 0 Å². The smallest absolute Gasteiger partial charge is 0.355 e. The molecule has 0 saturated carbocycles. The summed E-state index contributed by atoms with van der Waals surface area (Å²) in [7, 11) is -4.95. The van der Waals surface area contributed by atoms with E-state index in [1.807, 2.05) is 6.07 Å². The molecule has 0 radical (unpaired) electrons. The van der Waals surface area contributed by atoms with E-state index in [-0.39, 0.29) is 22.1 Å². The van der Waals surface area contributed by atoms with Gasteiger partial charge in [-0.2, -0.15) is 19.3 Å². The van der Waals surface area contributed by atoms with Crippen molar-refractivity contribution in [1.82, 2.24) is 0 Å². The molecule has 0 unspecified atom stereocenters. The molecular formula is C15H8ClF2N3O3S. The Bertz CT molecular complexity index is 998. The average Bonchev–Trinajstić information content (AvgIpc) is 2.57. The van der Waals surface area contributed by atoms with Gasteiger partial charge in [0.1, 0.15) is 22.6 Å². The standard InChI is InChI=1S/C15H8ClF2N3O3S/c16-14-11(8-20)12(21-25(22,23)15(17)18)4-5-13(14)24-10-3-1-2-9(6-10)7-19/h1-6,15,21H. The maximum atomic E-state index is 12.5. The highest BCUT2D eigenvalue weighted by Gasteiger charge is 2.26. The van der Waals surface area contributed by atoms with Gasteiger partial charge in [0, 0.05) is 0 Å². The van der Waals surface area contributed by atoms with E-state index in [1.165, 1.54) is 18.2 Å². The van der Waals surface area contributed by atoms with Crippen LogP contribution >= 0.6 is 11.6 Å². The predicted octanol–water partition coefficient (Wildman–Crippen LogP) is 3.84. The molecule has 0 amide bonds. The number of nitrogens with zero attached hydrogens (tertiary/aromatic N) is 2. The molecule has 1 N–H and O–H groups in total. The molecule has 10 heteroatoms. The van der Waals surface area contributed by atoms with Gasteiger partial charge in [0.15, 0.2) is 0 Å². The second-order valence-electron chi connectivity index (χ2n) is 4.56. The fraction of sp³-hybridized carbons (Fsp3) is 0.0667. The van der Waals surface area contributed by atoms with Crippen molar-refractivity contribution < 1.29 is 21.9 Å². The van der Waals surface area contributed by atoms with Crippen LogP contribution in [0.1, 0.15) is 11.1 Å². The van der Waals surface area contributed by atoms with Crippen LogP contribution in [0.25, 0.3) is 0 Å². The van der Waals surface area contributed by atoms with Gasteiger partial charge in [-0.15, -0.1) is 0 Å². The van der Waals surface area contributed by atoms with E-state index in [2.05, 4.69) is 0 Å². The number of nitriles is 2. The molecule has 2 aromatic carbocycles. The third-order valence-corrected chi connectivity index (χ3v) is 4.24. The van der Waals surface area contributed by atoms with Crippen molar-refractivity contribution in [1.29, 1.82) is 10.5 Å². The van der Waals surface area contributed by atoms with E-state index < -0.39 is 21.5 Å². The van der Waals surface area contributed by atoms with Gasteiger partial charge >= 0.3 is 5.76 Å². The van der Waals surface area contributed by atoms with Gasteiger partial charge in [-0.25, -0.2) is 8.42 Å². The van der Waals surface area contributed by atoms with Gasteiger partial charge in [0.2, 0.25) is 0 Å². The molecule has 0 aromatic heterocycles. The second-order valence-corrected chi connectivity index (χ2v) is 6.59. The number of hydrogen-bond acceptors (Lipinski definition) is 5. The molecule has 2 aromatic rings. The molecule has 0 aliphatic carbocycles. The maximum Gasteiger partial charge on any atom is 0.355 e. The molecule has 0 atom stereocenters. The van der Waals surface area contributed by atoms with Crippen LogP contribution in [0.5, 0.6) is 11.5 Å². The lowest BCUT2D eigenvalue weighted by atomic mass is 10.2. The maximum absolute atomic E-state index is 12.5. The highest BCUT2D eigenvalue weighted by atomic mass is 35.5. The third kappa shape index (κ3) is 4.15. The Morgan fingerprint density at radius 3 is 2.48 bits per heavy atom. The van der Waals surface area contributed by atoms with Gasteiger partial charge in [-0.3, -0.25) is 4.72 Å². The number of halogens is 3. The Morgan fingerprint density at radius 1 is 1.16 bits per heavy atom. The van der Waals surface area contributed by atoms with E-state index in [4.69, 9.17) is 26.9 Å². The summed E-state index contributed by atoms with van der Waals surface area (Å²) in [5, 5.41) is 17.7. The van der Waals surface area contributed by atoms with Gasteiger partial charge in [0.25, 0.3) is 10.0 Å². The highest BCUT2D eigenvalue weighted by molar-refractivity contribution is 7.93. The normalized spacial score (nSPS) is 10.8. The highest BCUT2D eigenvalue weighted by Crippen LogP contribution is 2.36. The van der Waals surface area contributed by atoms with Crippen molar-refractivity contribution in [3.63, 3.8) is 0 Å². The van der Waals surface area contributed by atoms with Gasteiger partial charge in [-0.05, 0) is 30.3 Å². The van der Waals surface area contributed by atoms with Gasteiger partial charge in [0.05, 0.1) is 22.9 Å². The van der Waals surface area contributed by atoms with E-state index >= 15 is 0 Å². The summed E-state index contributed by atoms with van der Waals surface area (Å²) in [5.41, 5.74) is -0.443. The number of ether oxygens (including phenoxy) is 1. The number of nitrogens with one attached hydrogen (secondary N) is 1. The monoisotopic (exact) mass is 383 g/mol. The Kier molecular flexibility index (Phi) is 5.42. The second kappa shape index (κ2) is 7.34. The van der Waals surface area contributed by atoms with E-state index in [9.17, 15) is 17.2 Å². The van der Waals surface area contributed by atoms with Crippen molar-refractivity contribution in [2.75, 3.05) is 4.72 Å². The van der Waals surface area contributed by atoms with E-state index in [0.717, 1.165) is 6.07 Å². The molecule has 0 bridgehead atoms. The zero-order chi connectivity index (χ0) is 18.6. The Morgan fingerprint density at radius 2 is 1.88 bits per heavy atom. The van der Waals surface area contributed by atoms with Crippen molar-refractivity contribution in [3.05, 3.63) is 52.5 Å². The summed E-state index contributed by atoms with van der Waals surface area (Å²) in [6.07, 6.45) is 0. The number of rotatable bonds is 5. The van der Waals surface area contributed by atoms with Crippen LogP contribution in [0.4, 0.5) is 14.5 Å². The van der Waals surface area contributed by atoms with E-state index in [0.29, 0.717) is 5.56 Å². The summed E-state index contributed by atoms with van der Waals surface area (Å²) in [6, 6.07) is 11.9. The lowest BCUT2D eigenvalue weighted by molar-refractivity contribution is 0.236. The van der Waals surface area contributed by atoms with Crippen molar-refractivity contribution in [2.45, 2.75) is 5.76 Å². The molecule has 0 aliphatic rings. The Labute approximate surface area is 146 Å². The minimum atomic E-state index is -4.95. The lowest BCUT2D eigenvalue weighted by Gasteiger charge is -2.13. The van der Waals surface area contributed by atoms with Crippen LogP contribution < -0.4 is 9.46 Å². The number of alkyl halides is 2. The quantitative estimate of drug-likeness (QED) is 0.844. The molecule has 0 heterocycles. The lowest BCUT2D eigenvalue weighted by Crippen LogP contribution is -2.21. The fourth-order valence-electron chi connectivity index (χ4n) is 1.78. The summed E-state index contributed by atoms with van der Waals surface area (Å²) in [5.74, 6) is -3.42. The first-order chi connectivity index (χ1) is 11.8. The van der Waals surface area contributed by atoms with Crippen molar-refractivity contribution in [2.24, 2.45) is 0 Å². The molecule has 0 spiro atoms. The molecule has 128 valence electrons. The SMILES string of the molecule is N#Cc1cccc(Oc2ccc(NS(=O)(=O)C(F)F)c(C#N)c2Cl)c1. The number of benzene rings is 2. The topological polar surface area (TPSA) is 103 Å². The molecule has 25 heavy (non-hydrogen) atoms. The molecule has 2 rings (SSSR count). The molecule has 6 nitrogen and oxygen atoms in total. The summed E-state index contributed by atoms with van der Waals surface area (Å²) < 4.78 is 54.5. The molecule has 0 fully saturated rings. The fourth-order valence-corrected chi connectivity index (χ4v) is 2.60. The first-order valence-corrected chi connectivity index (χ1v) is 8.41. The van der Waals surface area contributed by atoms with Crippen LogP contribution in [0.15, 0.2) is 36.4 Å². The first-order valence-electron chi connectivity index (χ1n) is 6.49. The number of hydrogen-bond donors (Lipinski definition) is 1. The third-order valence-electron chi connectivity index (χ3n) is 2.90. The first kappa shape index (κ1) is 18.5. The minimum Gasteiger partial charge on any atom is -0.456 e. The zero-order valence-corrected chi connectivity index (χ0v) is 13.8. The zero-order valence-electron chi connectivity index (χ0n) is 12.2. The van der Waals surface area contributed by atoms with Crippen molar-refractivity contribution in [3.8, 4) is 23.6 Å². The van der Waals surface area contributed by atoms with Crippen molar-refractivity contribution >= 4 is 27.3 Å². The van der Waals surface area contributed by atoms with Crippen LogP contribution in [-0.4, -0.2) is 14.2 Å². The summed E-state index contributed by atoms with van der Waals surface area (Å²) in [6.45, 7) is 0. The summed E-state index contributed by atoms with van der Waals surface area (Å²) >= 11 is 6.01. The molecule has 0 aliphatic heterocycles. The minimum absolute atomic E-state index is 0.00620. The van der Waals surface area contributed by atoms with Crippen LogP contribution in [0, 0.1) is 22.7 Å².